The molecule has 0 radical (unpaired) electrons. The lowest BCUT2D eigenvalue weighted by molar-refractivity contribution is -0.146. The average Bonchev–Trinajstić information content (AvgIpc) is 2.67. The van der Waals surface area contributed by atoms with E-state index in [2.05, 4.69) is 0 Å². The smallest absolute Gasteiger partial charge is 0.313 e. The normalized spacial score (nSPS) is 16.6. The number of ether oxygens (including phenoxy) is 1. The van der Waals surface area contributed by atoms with E-state index in [0.29, 0.717) is 18.9 Å². The first kappa shape index (κ1) is 12.2. The zero-order valence-electron chi connectivity index (χ0n) is 9.46. The average molecular weight is 212 g/mol. The Hall–Kier alpha value is -0.860. The fraction of sp³-hybridized carbons (Fsp3) is 0.833. The van der Waals surface area contributed by atoms with E-state index < -0.39 is 0 Å². The summed E-state index contributed by atoms with van der Waals surface area (Å²) in [5, 5.41) is 0. The van der Waals surface area contributed by atoms with Crippen molar-refractivity contribution in [3.8, 4) is 0 Å². The first-order valence-corrected chi connectivity index (χ1v) is 5.89. The van der Waals surface area contributed by atoms with Crippen molar-refractivity contribution in [1.29, 1.82) is 0 Å². The summed E-state index contributed by atoms with van der Waals surface area (Å²) in [6.45, 7) is 2.36. The van der Waals surface area contributed by atoms with Crippen LogP contribution in [0.25, 0.3) is 0 Å². The Morgan fingerprint density at radius 3 is 2.53 bits per heavy atom. The topological polar surface area (TPSA) is 43.4 Å². The molecule has 0 aromatic heterocycles. The summed E-state index contributed by atoms with van der Waals surface area (Å²) in [7, 11) is 0. The first-order valence-electron chi connectivity index (χ1n) is 5.89. The standard InChI is InChI=1S/C12H20O3/c1-2-7-15-12(14)9-11(13)8-10-5-3-4-6-10/h10H,2-9H2,1H3. The molecule has 0 aromatic rings. The van der Waals surface area contributed by atoms with Crippen molar-refractivity contribution in [1.82, 2.24) is 0 Å². The number of hydrogen-bond acceptors (Lipinski definition) is 3. The molecule has 1 aliphatic rings. The van der Waals surface area contributed by atoms with Crippen molar-refractivity contribution in [2.75, 3.05) is 6.61 Å². The van der Waals surface area contributed by atoms with E-state index in [1.165, 1.54) is 12.8 Å². The number of Topliss-reactive ketones (excluding diaryl/α,β-unsaturated/α-hetero) is 1. The second kappa shape index (κ2) is 6.59. The maximum absolute atomic E-state index is 11.5. The fourth-order valence-corrected chi connectivity index (χ4v) is 2.04. The number of ketones is 1. The summed E-state index contributed by atoms with van der Waals surface area (Å²) >= 11 is 0. The second-order valence-electron chi connectivity index (χ2n) is 4.29. The van der Waals surface area contributed by atoms with Gasteiger partial charge in [0.15, 0.2) is 0 Å². The molecule has 1 saturated carbocycles. The molecule has 1 rings (SSSR count). The van der Waals surface area contributed by atoms with Gasteiger partial charge in [0.05, 0.1) is 6.61 Å². The predicted octanol–water partition coefficient (Wildman–Crippen LogP) is 2.48. The zero-order valence-corrected chi connectivity index (χ0v) is 9.46. The summed E-state index contributed by atoms with van der Waals surface area (Å²) in [6, 6.07) is 0. The third-order valence-electron chi connectivity index (χ3n) is 2.80. The number of hydrogen-bond donors (Lipinski definition) is 0. The van der Waals surface area contributed by atoms with Crippen molar-refractivity contribution in [2.45, 2.75) is 51.9 Å². The third-order valence-corrected chi connectivity index (χ3v) is 2.80. The van der Waals surface area contributed by atoms with Gasteiger partial charge in [-0.3, -0.25) is 9.59 Å². The molecule has 0 unspecified atom stereocenters. The molecule has 0 aromatic carbocycles. The van der Waals surface area contributed by atoms with Gasteiger partial charge in [-0.15, -0.1) is 0 Å². The number of rotatable bonds is 6. The minimum Gasteiger partial charge on any atom is -0.465 e. The highest BCUT2D eigenvalue weighted by molar-refractivity contribution is 5.95. The van der Waals surface area contributed by atoms with Gasteiger partial charge in [-0.05, 0) is 12.3 Å². The van der Waals surface area contributed by atoms with Gasteiger partial charge in [0.2, 0.25) is 0 Å². The van der Waals surface area contributed by atoms with Crippen LogP contribution in [0, 0.1) is 5.92 Å². The molecule has 0 atom stereocenters. The van der Waals surface area contributed by atoms with Crippen LogP contribution < -0.4 is 0 Å². The van der Waals surface area contributed by atoms with Crippen LogP contribution in [0.3, 0.4) is 0 Å². The Morgan fingerprint density at radius 1 is 1.27 bits per heavy atom. The lowest BCUT2D eigenvalue weighted by atomic mass is 10.00. The van der Waals surface area contributed by atoms with Gasteiger partial charge in [-0.1, -0.05) is 32.6 Å². The van der Waals surface area contributed by atoms with Crippen molar-refractivity contribution in [3.05, 3.63) is 0 Å². The van der Waals surface area contributed by atoms with Crippen molar-refractivity contribution in [2.24, 2.45) is 5.92 Å². The fourth-order valence-electron chi connectivity index (χ4n) is 2.04. The predicted molar refractivity (Wildman–Crippen MR) is 57.4 cm³/mol. The number of carbonyl (C=O) groups excluding carboxylic acids is 2. The van der Waals surface area contributed by atoms with Crippen molar-refractivity contribution < 1.29 is 14.3 Å². The van der Waals surface area contributed by atoms with Gasteiger partial charge >= 0.3 is 5.97 Å². The van der Waals surface area contributed by atoms with Crippen LogP contribution in [0.4, 0.5) is 0 Å². The molecule has 0 saturated heterocycles. The SMILES string of the molecule is CCCOC(=O)CC(=O)CC1CCCC1. The van der Waals surface area contributed by atoms with E-state index in [0.717, 1.165) is 19.3 Å². The molecule has 3 nitrogen and oxygen atoms in total. The Balaban J connectivity index is 2.14. The Labute approximate surface area is 91.2 Å². The Bertz CT molecular complexity index is 217. The minimum atomic E-state index is -0.361. The second-order valence-corrected chi connectivity index (χ2v) is 4.29. The Kier molecular flexibility index (Phi) is 5.37. The first-order chi connectivity index (χ1) is 7.22. The van der Waals surface area contributed by atoms with E-state index in [4.69, 9.17) is 4.74 Å². The highest BCUT2D eigenvalue weighted by Crippen LogP contribution is 2.27. The van der Waals surface area contributed by atoms with Gasteiger partial charge < -0.3 is 4.74 Å². The number of carbonyl (C=O) groups is 2. The molecule has 0 bridgehead atoms. The highest BCUT2D eigenvalue weighted by atomic mass is 16.5. The summed E-state index contributed by atoms with van der Waals surface area (Å²) in [5.74, 6) is 0.208. The molecular weight excluding hydrogens is 192 g/mol. The van der Waals surface area contributed by atoms with Crippen molar-refractivity contribution in [3.63, 3.8) is 0 Å². The molecule has 0 aliphatic heterocycles. The summed E-state index contributed by atoms with van der Waals surface area (Å²) in [4.78, 5) is 22.6. The highest BCUT2D eigenvalue weighted by Gasteiger charge is 2.20. The van der Waals surface area contributed by atoms with E-state index in [-0.39, 0.29) is 18.2 Å². The van der Waals surface area contributed by atoms with Crippen LogP contribution in [0.5, 0.6) is 0 Å². The van der Waals surface area contributed by atoms with Gasteiger partial charge in [-0.25, -0.2) is 0 Å². The zero-order chi connectivity index (χ0) is 11.1. The Morgan fingerprint density at radius 2 is 1.93 bits per heavy atom. The van der Waals surface area contributed by atoms with Crippen LogP contribution in [0.1, 0.15) is 51.9 Å². The lowest BCUT2D eigenvalue weighted by Crippen LogP contribution is -2.14. The minimum absolute atomic E-state index is 0.0312. The van der Waals surface area contributed by atoms with Crippen LogP contribution in [-0.4, -0.2) is 18.4 Å². The third kappa shape index (κ3) is 4.96. The molecule has 0 amide bonds. The largest absolute Gasteiger partial charge is 0.465 e. The van der Waals surface area contributed by atoms with Crippen LogP contribution in [0.15, 0.2) is 0 Å². The van der Waals surface area contributed by atoms with Gasteiger partial charge in [-0.2, -0.15) is 0 Å². The maximum Gasteiger partial charge on any atom is 0.313 e. The molecule has 15 heavy (non-hydrogen) atoms. The van der Waals surface area contributed by atoms with E-state index in [1.54, 1.807) is 0 Å². The molecular formula is C12H20O3. The van der Waals surface area contributed by atoms with Gasteiger partial charge in [0.25, 0.3) is 0 Å². The summed E-state index contributed by atoms with van der Waals surface area (Å²) in [5.41, 5.74) is 0. The molecule has 86 valence electrons. The number of esters is 1. The lowest BCUT2D eigenvalue weighted by Gasteiger charge is -2.07. The summed E-state index contributed by atoms with van der Waals surface area (Å²) < 4.78 is 4.87. The molecule has 3 heteroatoms. The van der Waals surface area contributed by atoms with Gasteiger partial charge in [0, 0.05) is 6.42 Å². The van der Waals surface area contributed by atoms with E-state index in [9.17, 15) is 9.59 Å². The molecule has 1 aliphatic carbocycles. The van der Waals surface area contributed by atoms with Crippen LogP contribution in [0.2, 0.25) is 0 Å². The quantitative estimate of drug-likeness (QED) is 0.502. The van der Waals surface area contributed by atoms with E-state index in [1.807, 2.05) is 6.92 Å². The summed E-state index contributed by atoms with van der Waals surface area (Å²) in [6.07, 6.45) is 6.11. The van der Waals surface area contributed by atoms with Crippen LogP contribution >= 0.6 is 0 Å². The maximum atomic E-state index is 11.5. The van der Waals surface area contributed by atoms with E-state index >= 15 is 0 Å². The van der Waals surface area contributed by atoms with Crippen molar-refractivity contribution >= 4 is 11.8 Å². The monoisotopic (exact) mass is 212 g/mol. The molecule has 0 N–H and O–H groups in total. The van der Waals surface area contributed by atoms with Crippen LogP contribution in [-0.2, 0) is 14.3 Å². The molecule has 1 fully saturated rings. The van der Waals surface area contributed by atoms with Gasteiger partial charge in [0.1, 0.15) is 12.2 Å². The molecule has 0 heterocycles. The molecule has 0 spiro atoms.